The van der Waals surface area contributed by atoms with Crippen molar-refractivity contribution in [2.24, 2.45) is 0 Å². The van der Waals surface area contributed by atoms with Crippen molar-refractivity contribution in [3.05, 3.63) is 40.5 Å². The van der Waals surface area contributed by atoms with Crippen molar-refractivity contribution >= 4 is 41.1 Å². The van der Waals surface area contributed by atoms with Gasteiger partial charge in [-0.3, -0.25) is 4.90 Å². The molecule has 1 aliphatic rings. The molecule has 2 amide bonds. The average Bonchev–Trinajstić information content (AvgIpc) is 2.88. The number of urea groups is 1. The zero-order valence-electron chi connectivity index (χ0n) is 15.0. The molecule has 27 heavy (non-hydrogen) atoms. The molecule has 10 heteroatoms. The molecule has 142 valence electrons. The van der Waals surface area contributed by atoms with Crippen LogP contribution in [0.25, 0.3) is 0 Å². The highest BCUT2D eigenvalue weighted by atomic mass is 35.5. The van der Waals surface area contributed by atoms with Gasteiger partial charge in [0.1, 0.15) is 11.4 Å². The van der Waals surface area contributed by atoms with Crippen LogP contribution in [0.2, 0.25) is 5.02 Å². The Morgan fingerprint density at radius 3 is 2.78 bits per heavy atom. The Labute approximate surface area is 160 Å². The molecule has 1 fully saturated rings. The van der Waals surface area contributed by atoms with Crippen molar-refractivity contribution in [2.75, 3.05) is 22.7 Å². The third kappa shape index (κ3) is 4.03. The number of nitrogens with zero attached hydrogens (tertiary/aromatic N) is 3. The van der Waals surface area contributed by atoms with Gasteiger partial charge in [-0.15, -0.1) is 0 Å². The lowest BCUT2D eigenvalue weighted by Gasteiger charge is -2.17. The number of aromatic nitrogens is 2. The fraction of sp³-hybridized carbons (Fsp3) is 0.294. The van der Waals surface area contributed by atoms with Crippen LogP contribution in [-0.2, 0) is 4.84 Å². The van der Waals surface area contributed by atoms with Crippen LogP contribution in [0.15, 0.2) is 24.4 Å². The quantitative estimate of drug-likeness (QED) is 0.685. The molecule has 2 aromatic rings. The Balaban J connectivity index is 1.70. The van der Waals surface area contributed by atoms with Gasteiger partial charge in [0.15, 0.2) is 0 Å². The summed E-state index contributed by atoms with van der Waals surface area (Å²) in [6, 6.07) is 4.80. The highest BCUT2D eigenvalue weighted by molar-refractivity contribution is 6.31. The third-order valence-corrected chi connectivity index (χ3v) is 4.35. The van der Waals surface area contributed by atoms with Gasteiger partial charge in [0, 0.05) is 11.2 Å². The average molecular weight is 391 g/mol. The minimum atomic E-state index is -0.762. The largest absolute Gasteiger partial charge is 0.383 e. The molecule has 1 aromatic heterocycles. The number of hydrogen-bond donors (Lipinski definition) is 3. The number of amides is 2. The van der Waals surface area contributed by atoms with Crippen LogP contribution in [0.4, 0.5) is 22.2 Å². The second kappa shape index (κ2) is 6.92. The van der Waals surface area contributed by atoms with Crippen LogP contribution < -0.4 is 21.4 Å². The molecular formula is C17H19ClN6O3. The second-order valence-electron chi connectivity index (χ2n) is 6.82. The number of anilines is 3. The minimum Gasteiger partial charge on any atom is -0.383 e. The van der Waals surface area contributed by atoms with E-state index in [4.69, 9.17) is 22.2 Å². The van der Waals surface area contributed by atoms with Crippen molar-refractivity contribution in [1.29, 1.82) is 0 Å². The molecule has 0 unspecified atom stereocenters. The maximum atomic E-state index is 12.2. The van der Waals surface area contributed by atoms with Gasteiger partial charge >= 0.3 is 12.0 Å². The molecule has 1 aliphatic heterocycles. The van der Waals surface area contributed by atoms with Gasteiger partial charge in [-0.05, 0) is 38.5 Å². The summed E-state index contributed by atoms with van der Waals surface area (Å²) in [5, 5.41) is 3.34. The Morgan fingerprint density at radius 2 is 2.19 bits per heavy atom. The third-order valence-electron chi connectivity index (χ3n) is 3.94. The Hall–Kier alpha value is -3.07. The van der Waals surface area contributed by atoms with Crippen LogP contribution in [0.3, 0.4) is 0 Å². The molecule has 0 aliphatic carbocycles. The molecule has 2 heterocycles. The van der Waals surface area contributed by atoms with Crippen molar-refractivity contribution < 1.29 is 14.4 Å². The van der Waals surface area contributed by atoms with E-state index in [2.05, 4.69) is 20.8 Å². The van der Waals surface area contributed by atoms with Gasteiger partial charge in [-0.1, -0.05) is 17.7 Å². The summed E-state index contributed by atoms with van der Waals surface area (Å²) in [6.07, 6.45) is 1.22. The van der Waals surface area contributed by atoms with E-state index in [-0.39, 0.29) is 23.4 Å². The van der Waals surface area contributed by atoms with Gasteiger partial charge in [0.2, 0.25) is 5.95 Å². The van der Waals surface area contributed by atoms with Gasteiger partial charge in [-0.2, -0.15) is 4.98 Å². The van der Waals surface area contributed by atoms with E-state index in [1.54, 1.807) is 18.2 Å². The zero-order valence-corrected chi connectivity index (χ0v) is 15.8. The van der Waals surface area contributed by atoms with Crippen LogP contribution in [0.5, 0.6) is 0 Å². The normalized spacial score (nSPS) is 15.4. The van der Waals surface area contributed by atoms with E-state index in [1.165, 1.54) is 11.1 Å². The predicted octanol–water partition coefficient (Wildman–Crippen LogP) is 2.51. The number of nitrogens with two attached hydrogens (primary N) is 1. The first kappa shape index (κ1) is 18.7. The van der Waals surface area contributed by atoms with Crippen molar-refractivity contribution in [3.8, 4) is 0 Å². The molecule has 3 rings (SSSR count). The summed E-state index contributed by atoms with van der Waals surface area (Å²) in [5.74, 6) is -0.737. The predicted molar refractivity (Wildman–Crippen MR) is 102 cm³/mol. The number of carbonyl (C=O) groups is 2. The molecule has 0 bridgehead atoms. The summed E-state index contributed by atoms with van der Waals surface area (Å²) in [6.45, 7) is 6.00. The summed E-state index contributed by atoms with van der Waals surface area (Å²) < 4.78 is 0. The molecular weight excluding hydrogens is 372 g/mol. The molecule has 1 saturated heterocycles. The molecule has 0 radical (unpaired) electrons. The Morgan fingerprint density at radius 1 is 1.44 bits per heavy atom. The molecule has 0 spiro atoms. The number of halogens is 1. The van der Waals surface area contributed by atoms with Crippen LogP contribution in [-0.4, -0.2) is 34.1 Å². The summed E-state index contributed by atoms with van der Waals surface area (Å²) in [7, 11) is 0. The van der Waals surface area contributed by atoms with Gasteiger partial charge < -0.3 is 15.9 Å². The number of nitrogens with one attached hydrogen (secondary N) is 2. The highest BCUT2D eigenvalue weighted by Gasteiger charge is 2.37. The molecule has 0 saturated carbocycles. The van der Waals surface area contributed by atoms with E-state index < -0.39 is 11.5 Å². The first-order valence-electron chi connectivity index (χ1n) is 8.12. The van der Waals surface area contributed by atoms with E-state index in [9.17, 15) is 9.59 Å². The molecule has 0 atom stereocenters. The maximum Gasteiger partial charge on any atom is 0.368 e. The fourth-order valence-electron chi connectivity index (χ4n) is 2.51. The second-order valence-corrected chi connectivity index (χ2v) is 7.23. The highest BCUT2D eigenvalue weighted by Crippen LogP contribution is 2.23. The van der Waals surface area contributed by atoms with Gasteiger partial charge in [0.05, 0.1) is 17.8 Å². The first-order valence-corrected chi connectivity index (χ1v) is 8.49. The number of benzene rings is 1. The number of nitrogen functional groups attached to an aromatic ring is 1. The number of aryl methyl sites for hydroxylation is 1. The lowest BCUT2D eigenvalue weighted by molar-refractivity contribution is 0.0597. The summed E-state index contributed by atoms with van der Waals surface area (Å²) >= 11 is 6.03. The topological polar surface area (TPSA) is 122 Å². The lowest BCUT2D eigenvalue weighted by atomic mass is 10.1. The first-order chi connectivity index (χ1) is 12.7. The van der Waals surface area contributed by atoms with E-state index in [0.717, 1.165) is 5.56 Å². The van der Waals surface area contributed by atoms with Crippen LogP contribution >= 0.6 is 11.6 Å². The monoisotopic (exact) mass is 390 g/mol. The van der Waals surface area contributed by atoms with E-state index in [1.807, 2.05) is 20.8 Å². The molecule has 4 N–H and O–H groups in total. The minimum absolute atomic E-state index is 0.0247. The van der Waals surface area contributed by atoms with Gasteiger partial charge in [0.25, 0.3) is 0 Å². The Kier molecular flexibility index (Phi) is 4.79. The Bertz CT molecular complexity index is 918. The lowest BCUT2D eigenvalue weighted by Crippen LogP contribution is -2.36. The van der Waals surface area contributed by atoms with Gasteiger partial charge in [-0.25, -0.2) is 20.1 Å². The van der Waals surface area contributed by atoms with Crippen LogP contribution in [0.1, 0.15) is 29.8 Å². The number of rotatable bonds is 4. The SMILES string of the molecule is Cc1ccc(NOC(=O)c2cnc(N3CC(C)(C)NC3=O)nc2N)cc1Cl. The van der Waals surface area contributed by atoms with Crippen molar-refractivity contribution in [2.45, 2.75) is 26.3 Å². The van der Waals surface area contributed by atoms with E-state index in [0.29, 0.717) is 17.3 Å². The fourth-order valence-corrected chi connectivity index (χ4v) is 2.69. The number of hydrogen-bond acceptors (Lipinski definition) is 7. The molecule has 1 aromatic carbocycles. The standard InChI is InChI=1S/C17H19ClN6O3/c1-9-4-5-10(6-12(9)18)23-27-14(25)11-7-20-15(21-13(11)19)24-8-17(2,3)22-16(24)26/h4-7,23H,8H2,1-3H3,(H,22,26)(H2,19,20,21). The van der Waals surface area contributed by atoms with Crippen LogP contribution in [0, 0.1) is 6.92 Å². The van der Waals surface area contributed by atoms with Crippen molar-refractivity contribution in [3.63, 3.8) is 0 Å². The maximum absolute atomic E-state index is 12.2. The summed E-state index contributed by atoms with van der Waals surface area (Å²) in [5.41, 5.74) is 9.33. The number of carbonyl (C=O) groups excluding carboxylic acids is 2. The van der Waals surface area contributed by atoms with E-state index >= 15 is 0 Å². The summed E-state index contributed by atoms with van der Waals surface area (Å²) in [4.78, 5) is 38.7. The zero-order chi connectivity index (χ0) is 19.8. The molecule has 9 nitrogen and oxygen atoms in total. The van der Waals surface area contributed by atoms with Crippen molar-refractivity contribution in [1.82, 2.24) is 15.3 Å². The smallest absolute Gasteiger partial charge is 0.368 e.